The molecule has 3 aromatic rings. The van der Waals surface area contributed by atoms with Crippen molar-refractivity contribution in [1.82, 2.24) is 4.90 Å². The molecule has 0 bridgehead atoms. The molecule has 166 valence electrons. The van der Waals surface area contributed by atoms with Gasteiger partial charge in [-0.25, -0.2) is 8.42 Å². The summed E-state index contributed by atoms with van der Waals surface area (Å²) in [7, 11) is -1.92. The van der Waals surface area contributed by atoms with E-state index in [4.69, 9.17) is 20.8 Å². The minimum Gasteiger partial charge on any atom is -0.504 e. The van der Waals surface area contributed by atoms with Crippen molar-refractivity contribution in [2.75, 3.05) is 18.6 Å². The summed E-state index contributed by atoms with van der Waals surface area (Å²) in [5, 5.41) is 10.6. The molecular formula is C22H18ClNO7S. The van der Waals surface area contributed by atoms with E-state index in [-0.39, 0.29) is 51.7 Å². The van der Waals surface area contributed by atoms with Crippen molar-refractivity contribution in [1.29, 1.82) is 0 Å². The molecule has 1 aromatic heterocycles. The molecule has 2 unspecified atom stereocenters. The fraction of sp³-hybridized carbons (Fsp3) is 0.273. The van der Waals surface area contributed by atoms with E-state index < -0.39 is 33.3 Å². The molecular weight excluding hydrogens is 458 g/mol. The molecule has 2 atom stereocenters. The lowest BCUT2D eigenvalue weighted by Gasteiger charge is -2.30. The van der Waals surface area contributed by atoms with Gasteiger partial charge in [-0.15, -0.1) is 0 Å². The van der Waals surface area contributed by atoms with Crippen LogP contribution >= 0.6 is 11.6 Å². The lowest BCUT2D eigenvalue weighted by Crippen LogP contribution is -2.40. The zero-order valence-corrected chi connectivity index (χ0v) is 18.4. The summed E-state index contributed by atoms with van der Waals surface area (Å²) in [6.45, 7) is 0. The minimum absolute atomic E-state index is 0.0393. The van der Waals surface area contributed by atoms with Crippen LogP contribution in [-0.4, -0.2) is 49.0 Å². The molecule has 8 nitrogen and oxygen atoms in total. The third-order valence-electron chi connectivity index (χ3n) is 5.99. The molecule has 0 aliphatic carbocycles. The normalized spacial score (nSPS) is 21.8. The van der Waals surface area contributed by atoms with Gasteiger partial charge in [0.2, 0.25) is 5.76 Å². The summed E-state index contributed by atoms with van der Waals surface area (Å²) in [5.41, 5.74) is 0.401. The van der Waals surface area contributed by atoms with Gasteiger partial charge in [0.15, 0.2) is 26.8 Å². The van der Waals surface area contributed by atoms with E-state index in [1.807, 2.05) is 0 Å². The number of phenolic OH excluding ortho intramolecular Hbond substituents is 1. The molecule has 1 fully saturated rings. The molecule has 0 radical (unpaired) electrons. The number of hydrogen-bond donors (Lipinski definition) is 1. The van der Waals surface area contributed by atoms with E-state index in [1.165, 1.54) is 36.3 Å². The molecule has 2 aliphatic rings. The first-order chi connectivity index (χ1) is 15.2. The first-order valence-corrected chi connectivity index (χ1v) is 12.1. The molecule has 2 aromatic carbocycles. The van der Waals surface area contributed by atoms with Gasteiger partial charge >= 0.3 is 0 Å². The van der Waals surface area contributed by atoms with E-state index in [2.05, 4.69) is 0 Å². The summed E-state index contributed by atoms with van der Waals surface area (Å²) in [5.74, 6) is -0.844. The summed E-state index contributed by atoms with van der Waals surface area (Å²) >= 11 is 6.08. The predicted octanol–water partition coefficient (Wildman–Crippen LogP) is 2.89. The number of carbonyl (C=O) groups is 1. The Morgan fingerprint density at radius 2 is 1.97 bits per heavy atom. The zero-order valence-electron chi connectivity index (χ0n) is 16.9. The van der Waals surface area contributed by atoms with Gasteiger partial charge in [0.1, 0.15) is 5.58 Å². The van der Waals surface area contributed by atoms with Crippen molar-refractivity contribution in [3.8, 4) is 11.5 Å². The Hall–Kier alpha value is -3.04. The van der Waals surface area contributed by atoms with E-state index in [9.17, 15) is 23.1 Å². The van der Waals surface area contributed by atoms with Crippen molar-refractivity contribution < 1.29 is 27.5 Å². The first-order valence-electron chi connectivity index (χ1n) is 9.86. The van der Waals surface area contributed by atoms with Crippen LogP contribution in [0.5, 0.6) is 11.5 Å². The summed E-state index contributed by atoms with van der Waals surface area (Å²) in [6.07, 6.45) is 0.257. The topological polar surface area (TPSA) is 114 Å². The van der Waals surface area contributed by atoms with Crippen LogP contribution in [0.1, 0.15) is 34.1 Å². The van der Waals surface area contributed by atoms with Gasteiger partial charge in [-0.1, -0.05) is 17.7 Å². The molecule has 10 heteroatoms. The maximum Gasteiger partial charge on any atom is 0.291 e. The van der Waals surface area contributed by atoms with E-state index in [0.717, 1.165) is 0 Å². The maximum absolute atomic E-state index is 13.5. The molecule has 1 amide bonds. The Balaban J connectivity index is 1.78. The Morgan fingerprint density at radius 1 is 1.19 bits per heavy atom. The van der Waals surface area contributed by atoms with Crippen LogP contribution in [-0.2, 0) is 9.84 Å². The highest BCUT2D eigenvalue weighted by Gasteiger charge is 2.48. The lowest BCUT2D eigenvalue weighted by atomic mass is 9.97. The van der Waals surface area contributed by atoms with Crippen molar-refractivity contribution in [3.05, 3.63) is 68.5 Å². The summed E-state index contributed by atoms with van der Waals surface area (Å²) in [6, 6.07) is 7.54. The number of benzene rings is 2. The smallest absolute Gasteiger partial charge is 0.291 e. The molecule has 0 spiro atoms. The average molecular weight is 476 g/mol. The Labute approximate surface area is 187 Å². The largest absolute Gasteiger partial charge is 0.504 e. The fourth-order valence-electron chi connectivity index (χ4n) is 4.53. The number of halogens is 1. The van der Waals surface area contributed by atoms with Crippen LogP contribution in [0.2, 0.25) is 5.02 Å². The number of rotatable bonds is 3. The number of hydrogen-bond acceptors (Lipinski definition) is 7. The van der Waals surface area contributed by atoms with Crippen molar-refractivity contribution in [2.45, 2.75) is 18.5 Å². The molecule has 3 heterocycles. The number of nitrogens with zero attached hydrogens (tertiary/aromatic N) is 1. The third kappa shape index (κ3) is 3.15. The third-order valence-corrected chi connectivity index (χ3v) is 7.97. The van der Waals surface area contributed by atoms with Crippen LogP contribution in [0.3, 0.4) is 0 Å². The monoisotopic (exact) mass is 475 g/mol. The highest BCUT2D eigenvalue weighted by atomic mass is 35.5. The van der Waals surface area contributed by atoms with E-state index in [1.54, 1.807) is 12.1 Å². The molecule has 1 N–H and O–H groups in total. The number of carbonyl (C=O) groups excluding carboxylic acids is 1. The second-order valence-corrected chi connectivity index (χ2v) is 10.6. The SMILES string of the molecule is COc1cc(C2c3c(oc4ccc(Cl)cc4c3=O)C(=O)N2C2CCS(=O)(=O)C2)ccc1O. The highest BCUT2D eigenvalue weighted by Crippen LogP contribution is 2.43. The second kappa shape index (κ2) is 7.25. The quantitative estimate of drug-likeness (QED) is 0.619. The van der Waals surface area contributed by atoms with Gasteiger partial charge in [-0.05, 0) is 42.3 Å². The van der Waals surface area contributed by atoms with Crippen LogP contribution in [0, 0.1) is 0 Å². The number of ether oxygens (including phenoxy) is 1. The summed E-state index contributed by atoms with van der Waals surface area (Å²) < 4.78 is 35.4. The maximum atomic E-state index is 13.5. The molecule has 1 saturated heterocycles. The van der Waals surface area contributed by atoms with Gasteiger partial charge in [-0.3, -0.25) is 9.59 Å². The van der Waals surface area contributed by atoms with Crippen molar-refractivity contribution in [3.63, 3.8) is 0 Å². The van der Waals surface area contributed by atoms with Crippen molar-refractivity contribution >= 4 is 38.3 Å². The Bertz CT molecular complexity index is 1450. The standard InChI is InChI=1S/C22H18ClNO7S/c1-30-17-8-11(2-4-15(17)25)19-18-20(26)14-9-12(23)3-5-16(14)31-21(18)22(27)24(19)13-6-7-32(28,29)10-13/h2-5,8-9,13,19,25H,6-7,10H2,1H3. The van der Waals surface area contributed by atoms with Gasteiger partial charge in [-0.2, -0.15) is 0 Å². The number of aromatic hydroxyl groups is 1. The Morgan fingerprint density at radius 3 is 2.66 bits per heavy atom. The molecule has 2 aliphatic heterocycles. The zero-order chi connectivity index (χ0) is 22.8. The van der Waals surface area contributed by atoms with Crippen molar-refractivity contribution in [2.24, 2.45) is 0 Å². The van der Waals surface area contributed by atoms with Crippen LogP contribution in [0.25, 0.3) is 11.0 Å². The van der Waals surface area contributed by atoms with Gasteiger partial charge < -0.3 is 19.2 Å². The molecule has 0 saturated carbocycles. The van der Waals surface area contributed by atoms with E-state index >= 15 is 0 Å². The first kappa shape index (κ1) is 20.8. The van der Waals surface area contributed by atoms with Gasteiger partial charge in [0.05, 0.1) is 35.6 Å². The molecule has 32 heavy (non-hydrogen) atoms. The minimum atomic E-state index is -3.31. The highest BCUT2D eigenvalue weighted by molar-refractivity contribution is 7.91. The van der Waals surface area contributed by atoms with Gasteiger partial charge in [0.25, 0.3) is 5.91 Å². The summed E-state index contributed by atoms with van der Waals surface area (Å²) in [4.78, 5) is 28.4. The lowest BCUT2D eigenvalue weighted by molar-refractivity contribution is 0.0662. The number of sulfone groups is 1. The second-order valence-electron chi connectivity index (χ2n) is 7.92. The van der Waals surface area contributed by atoms with Crippen LogP contribution in [0.15, 0.2) is 45.6 Å². The number of phenols is 1. The fourth-order valence-corrected chi connectivity index (χ4v) is 6.41. The van der Waals surface area contributed by atoms with E-state index in [0.29, 0.717) is 10.6 Å². The molecule has 5 rings (SSSR count). The van der Waals surface area contributed by atoms with Gasteiger partial charge in [0, 0.05) is 11.1 Å². The Kier molecular flexibility index (Phi) is 4.72. The number of fused-ring (bicyclic) bond motifs is 2. The predicted molar refractivity (Wildman–Crippen MR) is 117 cm³/mol. The average Bonchev–Trinajstić information content (AvgIpc) is 3.25. The number of amides is 1. The van der Waals surface area contributed by atoms with Crippen LogP contribution < -0.4 is 10.2 Å². The van der Waals surface area contributed by atoms with Crippen LogP contribution in [0.4, 0.5) is 0 Å². The number of methoxy groups -OCH3 is 1.